The van der Waals surface area contributed by atoms with Crippen molar-refractivity contribution in [1.82, 2.24) is 9.78 Å². The molecule has 10 heteroatoms. The summed E-state index contributed by atoms with van der Waals surface area (Å²) in [5.41, 5.74) is 3.27. The van der Waals surface area contributed by atoms with E-state index in [4.69, 9.17) is 16.3 Å². The molecule has 0 radical (unpaired) electrons. The van der Waals surface area contributed by atoms with Gasteiger partial charge in [-0.15, -0.1) is 0 Å². The lowest BCUT2D eigenvalue weighted by atomic mass is 10.1. The number of aromatic nitrogens is 2. The minimum Gasteiger partial charge on any atom is -0.452 e. The quantitative estimate of drug-likeness (QED) is 0.145. The van der Waals surface area contributed by atoms with Gasteiger partial charge in [0.1, 0.15) is 5.69 Å². The van der Waals surface area contributed by atoms with E-state index >= 15 is 0 Å². The van der Waals surface area contributed by atoms with Crippen molar-refractivity contribution in [2.75, 3.05) is 11.9 Å². The number of anilines is 1. The third kappa shape index (κ3) is 7.52. The summed E-state index contributed by atoms with van der Waals surface area (Å²) in [5.74, 6) is -3.81. The number of nitrogens with one attached hydrogen (secondary N) is 1. The summed E-state index contributed by atoms with van der Waals surface area (Å²) < 4.78 is 31.6. The first kappa shape index (κ1) is 26.1. The molecule has 6 nitrogen and oxygen atoms in total. The number of benzene rings is 3. The summed E-state index contributed by atoms with van der Waals surface area (Å²) in [5, 5.41) is 7.76. The molecular weight excluding hydrogens is 520 g/mol. The van der Waals surface area contributed by atoms with E-state index in [1.165, 1.54) is 30.3 Å². The number of alkyl halides is 2. The van der Waals surface area contributed by atoms with Gasteiger partial charge in [-0.05, 0) is 54.6 Å². The Morgan fingerprint density at radius 1 is 1.05 bits per heavy atom. The molecule has 0 spiro atoms. The van der Waals surface area contributed by atoms with Crippen LogP contribution in [0.2, 0.25) is 5.02 Å². The van der Waals surface area contributed by atoms with Gasteiger partial charge in [0.15, 0.2) is 6.61 Å². The van der Waals surface area contributed by atoms with Crippen molar-refractivity contribution < 1.29 is 23.1 Å². The van der Waals surface area contributed by atoms with Gasteiger partial charge in [0.05, 0.1) is 5.69 Å². The van der Waals surface area contributed by atoms with Gasteiger partial charge < -0.3 is 10.1 Å². The van der Waals surface area contributed by atoms with Crippen LogP contribution in [0.3, 0.4) is 0 Å². The average Bonchev–Trinajstić information content (AvgIpc) is 3.32. The Kier molecular flexibility index (Phi) is 8.71. The van der Waals surface area contributed by atoms with Crippen LogP contribution in [0.1, 0.15) is 5.56 Å². The number of esters is 1. The van der Waals surface area contributed by atoms with Crippen molar-refractivity contribution in [2.45, 2.75) is 10.7 Å². The third-order valence-electron chi connectivity index (χ3n) is 4.97. The lowest BCUT2D eigenvalue weighted by Crippen LogP contribution is -2.20. The van der Waals surface area contributed by atoms with Gasteiger partial charge in [0.2, 0.25) is 0 Å². The number of carbonyl (C=O) groups is 2. The van der Waals surface area contributed by atoms with Crippen molar-refractivity contribution >= 4 is 47.0 Å². The maximum Gasteiger partial charge on any atom is 0.331 e. The Hall–Kier alpha value is -3.95. The van der Waals surface area contributed by atoms with Crippen LogP contribution in [0, 0.1) is 0 Å². The van der Waals surface area contributed by atoms with Crippen LogP contribution in [0.15, 0.2) is 96.0 Å². The van der Waals surface area contributed by atoms with Crippen LogP contribution in [0.25, 0.3) is 23.0 Å². The number of rotatable bonds is 9. The van der Waals surface area contributed by atoms with Gasteiger partial charge in [-0.25, -0.2) is 9.48 Å². The largest absolute Gasteiger partial charge is 0.452 e. The van der Waals surface area contributed by atoms with Crippen molar-refractivity contribution in [1.29, 1.82) is 0 Å². The van der Waals surface area contributed by atoms with Crippen molar-refractivity contribution in [3.63, 3.8) is 0 Å². The molecule has 0 bridgehead atoms. The molecule has 188 valence electrons. The number of halogens is 3. The molecule has 0 aliphatic heterocycles. The summed E-state index contributed by atoms with van der Waals surface area (Å²) in [6.07, 6.45) is 4.55. The summed E-state index contributed by atoms with van der Waals surface area (Å²) >= 11 is 6.57. The number of para-hydroxylation sites is 1. The highest BCUT2D eigenvalue weighted by atomic mass is 35.5. The van der Waals surface area contributed by atoms with Crippen LogP contribution in [0.5, 0.6) is 0 Å². The van der Waals surface area contributed by atoms with Crippen LogP contribution >= 0.6 is 23.4 Å². The molecule has 0 unspecified atom stereocenters. The second-order valence-corrected chi connectivity index (χ2v) is 9.12. The fourth-order valence-corrected chi connectivity index (χ4v) is 4.03. The van der Waals surface area contributed by atoms with Gasteiger partial charge in [-0.3, -0.25) is 4.79 Å². The highest BCUT2D eigenvalue weighted by molar-refractivity contribution is 7.99. The highest BCUT2D eigenvalue weighted by Crippen LogP contribution is 2.28. The van der Waals surface area contributed by atoms with Gasteiger partial charge in [-0.2, -0.15) is 13.9 Å². The van der Waals surface area contributed by atoms with Crippen LogP contribution < -0.4 is 5.32 Å². The number of thioether (sulfide) groups is 1. The SMILES string of the molecule is O=C(COC(=O)C=Cc1cn(-c2ccccc2)nc1-c1cccc(Cl)c1)Nc1ccc(SC(F)F)cc1. The minimum absolute atomic E-state index is 0.372. The topological polar surface area (TPSA) is 73.2 Å². The molecule has 4 aromatic rings. The molecule has 0 saturated heterocycles. The first-order valence-corrected chi connectivity index (χ1v) is 12.2. The molecule has 0 aliphatic rings. The molecule has 1 N–H and O–H groups in total. The van der Waals surface area contributed by atoms with Crippen LogP contribution in [0.4, 0.5) is 14.5 Å². The van der Waals surface area contributed by atoms with Gasteiger partial charge in [0, 0.05) is 39.0 Å². The zero-order chi connectivity index (χ0) is 26.2. The second kappa shape index (κ2) is 12.3. The maximum atomic E-state index is 12.4. The molecule has 1 aromatic heterocycles. The van der Waals surface area contributed by atoms with Crippen LogP contribution in [-0.4, -0.2) is 34.0 Å². The molecule has 0 saturated carbocycles. The summed E-state index contributed by atoms with van der Waals surface area (Å²) in [4.78, 5) is 24.8. The zero-order valence-electron chi connectivity index (χ0n) is 19.2. The van der Waals surface area contributed by atoms with Crippen molar-refractivity contribution in [3.8, 4) is 16.9 Å². The predicted octanol–water partition coefficient (Wildman–Crippen LogP) is 6.70. The fraction of sp³-hybridized carbons (Fsp3) is 0.0741. The lowest BCUT2D eigenvalue weighted by molar-refractivity contribution is -0.142. The lowest BCUT2D eigenvalue weighted by Gasteiger charge is -2.06. The van der Waals surface area contributed by atoms with E-state index in [2.05, 4.69) is 10.4 Å². The molecule has 1 amide bonds. The Balaban J connectivity index is 1.41. The highest BCUT2D eigenvalue weighted by Gasteiger charge is 2.12. The van der Waals surface area contributed by atoms with Gasteiger partial charge in [-0.1, -0.05) is 53.7 Å². The Labute approximate surface area is 220 Å². The van der Waals surface area contributed by atoms with E-state index < -0.39 is 24.2 Å². The monoisotopic (exact) mass is 539 g/mol. The first-order valence-electron chi connectivity index (χ1n) is 11.0. The summed E-state index contributed by atoms with van der Waals surface area (Å²) in [6, 6.07) is 22.6. The first-order chi connectivity index (χ1) is 17.9. The Morgan fingerprint density at radius 2 is 1.81 bits per heavy atom. The van der Waals surface area contributed by atoms with E-state index in [0.717, 1.165) is 11.3 Å². The van der Waals surface area contributed by atoms with E-state index in [9.17, 15) is 18.4 Å². The minimum atomic E-state index is -2.53. The predicted molar refractivity (Wildman–Crippen MR) is 141 cm³/mol. The van der Waals surface area contributed by atoms with Crippen molar-refractivity contribution in [2.24, 2.45) is 0 Å². The summed E-state index contributed by atoms with van der Waals surface area (Å²) in [7, 11) is 0. The van der Waals surface area contributed by atoms with Gasteiger partial charge >= 0.3 is 5.97 Å². The fourth-order valence-electron chi connectivity index (χ4n) is 3.34. The second-order valence-electron chi connectivity index (χ2n) is 7.62. The van der Waals surface area contributed by atoms with Gasteiger partial charge in [0.25, 0.3) is 11.7 Å². The number of carbonyl (C=O) groups excluding carboxylic acids is 2. The molecule has 3 aromatic carbocycles. The standard InChI is InChI=1S/C27H20ClF2N3O3S/c28-20-6-4-5-18(15-20)26-19(16-33(32-26)22-7-2-1-3-8-22)9-14-25(35)36-17-24(34)31-21-10-12-23(13-11-21)37-27(29)30/h1-16,27H,17H2,(H,31,34). The molecule has 37 heavy (non-hydrogen) atoms. The zero-order valence-corrected chi connectivity index (χ0v) is 20.8. The number of hydrogen-bond acceptors (Lipinski definition) is 5. The number of ether oxygens (including phenoxy) is 1. The van der Waals surface area contributed by atoms with E-state index in [0.29, 0.717) is 38.6 Å². The van der Waals surface area contributed by atoms with E-state index in [1.54, 1.807) is 29.1 Å². The molecule has 0 atom stereocenters. The van der Waals surface area contributed by atoms with E-state index in [-0.39, 0.29) is 0 Å². The molecule has 4 rings (SSSR count). The van der Waals surface area contributed by atoms with Crippen LogP contribution in [-0.2, 0) is 14.3 Å². The normalized spacial score (nSPS) is 11.1. The molecule has 0 fully saturated rings. The number of hydrogen-bond donors (Lipinski definition) is 1. The Bertz CT molecular complexity index is 1410. The van der Waals surface area contributed by atoms with Crippen molar-refractivity contribution in [3.05, 3.63) is 102 Å². The number of amides is 1. The molecule has 1 heterocycles. The maximum absolute atomic E-state index is 12.4. The smallest absolute Gasteiger partial charge is 0.331 e. The summed E-state index contributed by atoms with van der Waals surface area (Å²) in [6.45, 7) is -0.513. The Morgan fingerprint density at radius 3 is 2.51 bits per heavy atom. The van der Waals surface area contributed by atoms with E-state index in [1.807, 2.05) is 42.5 Å². The third-order valence-corrected chi connectivity index (χ3v) is 5.93. The molecule has 0 aliphatic carbocycles. The number of nitrogens with zero attached hydrogens (tertiary/aromatic N) is 2. The average molecular weight is 540 g/mol. The molecular formula is C27H20ClF2N3O3S.